The normalized spacial score (nSPS) is 11.7. The number of aliphatic imine (C=N–C) groups is 1. The van der Waals surface area contributed by atoms with Crippen LogP contribution >= 0.6 is 11.5 Å². The highest BCUT2D eigenvalue weighted by Gasteiger charge is 2.12. The van der Waals surface area contributed by atoms with Gasteiger partial charge in [-0.25, -0.2) is 15.0 Å². The molecule has 0 bridgehead atoms. The first kappa shape index (κ1) is 22.4. The van der Waals surface area contributed by atoms with Crippen LogP contribution in [0.25, 0.3) is 5.57 Å². The van der Waals surface area contributed by atoms with E-state index in [0.29, 0.717) is 22.8 Å². The van der Waals surface area contributed by atoms with Gasteiger partial charge in [0, 0.05) is 24.3 Å². The number of nitrogens with zero attached hydrogens (tertiary/aromatic N) is 5. The predicted molar refractivity (Wildman–Crippen MR) is 125 cm³/mol. The molecular weight excluding hydrogens is 412 g/mol. The first-order valence-corrected chi connectivity index (χ1v) is 10.8. The van der Waals surface area contributed by atoms with Crippen LogP contribution in [0, 0.1) is 0 Å². The van der Waals surface area contributed by atoms with Crippen molar-refractivity contribution >= 4 is 35.0 Å². The van der Waals surface area contributed by atoms with Crippen molar-refractivity contribution in [2.75, 3.05) is 19.0 Å². The number of ether oxygens (including phenoxy) is 2. The number of benzene rings is 1. The minimum absolute atomic E-state index is 0.309. The lowest BCUT2D eigenvalue weighted by atomic mass is 10.1. The second-order valence-electron chi connectivity index (χ2n) is 6.58. The maximum Gasteiger partial charge on any atom is 0.331 e. The summed E-state index contributed by atoms with van der Waals surface area (Å²) in [6, 6.07) is 8.21. The summed E-state index contributed by atoms with van der Waals surface area (Å²) < 4.78 is 14.7. The van der Waals surface area contributed by atoms with Gasteiger partial charge in [-0.3, -0.25) is 0 Å². The van der Waals surface area contributed by atoms with E-state index in [0.717, 1.165) is 47.9 Å². The summed E-state index contributed by atoms with van der Waals surface area (Å²) in [5.74, 6) is 2.18. The zero-order valence-corrected chi connectivity index (χ0v) is 18.9. The van der Waals surface area contributed by atoms with Crippen molar-refractivity contribution in [1.82, 2.24) is 19.3 Å². The number of methoxy groups -OCH3 is 1. The second-order valence-corrected chi connectivity index (χ2v) is 7.30. The fourth-order valence-electron chi connectivity index (χ4n) is 2.77. The van der Waals surface area contributed by atoms with Crippen LogP contribution in [-0.2, 0) is 6.42 Å². The molecule has 0 aliphatic carbocycles. The molecular formula is C22H26N6O2S. The van der Waals surface area contributed by atoms with Gasteiger partial charge in [-0.2, -0.15) is 0 Å². The third-order valence-corrected chi connectivity index (χ3v) is 5.04. The molecule has 0 spiro atoms. The zero-order valence-electron chi connectivity index (χ0n) is 18.1. The molecule has 0 radical (unpaired) electrons. The van der Waals surface area contributed by atoms with Gasteiger partial charge >= 0.3 is 11.2 Å². The van der Waals surface area contributed by atoms with E-state index >= 15 is 0 Å². The van der Waals surface area contributed by atoms with Gasteiger partial charge < -0.3 is 14.8 Å². The molecule has 0 aliphatic rings. The van der Waals surface area contributed by atoms with Gasteiger partial charge in [-0.1, -0.05) is 25.1 Å². The molecule has 3 aromatic rings. The standard InChI is InChI=1S/C22H26N6O2S/c1-5-12-23-19-18(15(3)6-2)20(26-14-25-19)24-13-11-16-7-9-17(10-8-16)30-22-27-21(29-4)28-31-22/h6-10,12,14H,5,11,13H2,1-4H3,(H,24,25,26). The topological polar surface area (TPSA) is 94.4 Å². The Kier molecular flexibility index (Phi) is 8.05. The number of allylic oxidation sites excluding steroid dienone is 2. The van der Waals surface area contributed by atoms with Gasteiger partial charge in [-0.05, 0) is 50.0 Å². The van der Waals surface area contributed by atoms with Crippen molar-refractivity contribution in [2.45, 2.75) is 33.6 Å². The highest BCUT2D eigenvalue weighted by Crippen LogP contribution is 2.30. The Balaban J connectivity index is 1.62. The SMILES string of the molecule is CC=C(C)c1c(N=CCC)ncnc1NCCc1ccc(Oc2nc(OC)ns2)cc1. The second kappa shape index (κ2) is 11.2. The minimum atomic E-state index is 0.309. The molecule has 0 unspecified atom stereocenters. The number of hydrogen-bond acceptors (Lipinski definition) is 9. The smallest absolute Gasteiger partial charge is 0.331 e. The fourth-order valence-corrected chi connectivity index (χ4v) is 3.29. The van der Waals surface area contributed by atoms with Gasteiger partial charge in [0.05, 0.1) is 12.7 Å². The lowest BCUT2D eigenvalue weighted by Gasteiger charge is -2.13. The Morgan fingerprint density at radius 3 is 2.71 bits per heavy atom. The Hall–Kier alpha value is -3.33. The third-order valence-electron chi connectivity index (χ3n) is 4.46. The molecule has 0 amide bonds. The molecule has 1 N–H and O–H groups in total. The molecule has 0 saturated carbocycles. The summed E-state index contributed by atoms with van der Waals surface area (Å²) >= 11 is 1.15. The van der Waals surface area contributed by atoms with Crippen molar-refractivity contribution < 1.29 is 9.47 Å². The van der Waals surface area contributed by atoms with E-state index in [1.54, 1.807) is 6.33 Å². The van der Waals surface area contributed by atoms with Crippen LogP contribution in [0.5, 0.6) is 17.0 Å². The maximum atomic E-state index is 5.70. The average Bonchev–Trinajstić information content (AvgIpc) is 3.26. The summed E-state index contributed by atoms with van der Waals surface area (Å²) in [5, 5.41) is 3.88. The minimum Gasteiger partial charge on any atom is -0.466 e. The van der Waals surface area contributed by atoms with E-state index in [-0.39, 0.29) is 0 Å². The van der Waals surface area contributed by atoms with Crippen molar-refractivity contribution in [2.24, 2.45) is 4.99 Å². The first-order chi connectivity index (χ1) is 15.1. The number of anilines is 1. The van der Waals surface area contributed by atoms with Gasteiger partial charge in [0.2, 0.25) is 0 Å². The quantitative estimate of drug-likeness (QED) is 0.428. The lowest BCUT2D eigenvalue weighted by Crippen LogP contribution is -2.09. The van der Waals surface area contributed by atoms with E-state index < -0.39 is 0 Å². The van der Waals surface area contributed by atoms with Crippen LogP contribution in [0.1, 0.15) is 38.3 Å². The fraction of sp³-hybridized carbons (Fsp3) is 0.318. The lowest BCUT2D eigenvalue weighted by molar-refractivity contribution is 0.378. The van der Waals surface area contributed by atoms with Crippen molar-refractivity contribution in [3.63, 3.8) is 0 Å². The van der Waals surface area contributed by atoms with Crippen LogP contribution in [-0.4, -0.2) is 39.2 Å². The Bertz CT molecular complexity index is 1050. The molecule has 0 aliphatic heterocycles. The van der Waals surface area contributed by atoms with E-state index in [1.165, 1.54) is 12.7 Å². The summed E-state index contributed by atoms with van der Waals surface area (Å²) in [5.41, 5.74) is 3.20. The molecule has 2 heterocycles. The highest BCUT2D eigenvalue weighted by atomic mass is 32.1. The van der Waals surface area contributed by atoms with E-state index in [4.69, 9.17) is 9.47 Å². The summed E-state index contributed by atoms with van der Waals surface area (Å²) in [4.78, 5) is 17.4. The number of nitrogens with one attached hydrogen (secondary N) is 1. The van der Waals surface area contributed by atoms with E-state index in [2.05, 4.69) is 29.6 Å². The number of rotatable bonds is 10. The number of aromatic nitrogens is 4. The largest absolute Gasteiger partial charge is 0.466 e. The van der Waals surface area contributed by atoms with Crippen molar-refractivity contribution in [3.8, 4) is 17.0 Å². The molecule has 0 fully saturated rings. The third kappa shape index (κ3) is 6.08. The van der Waals surface area contributed by atoms with Gasteiger partial charge in [0.15, 0.2) is 5.82 Å². The maximum absolute atomic E-state index is 5.70. The molecule has 3 rings (SSSR count). The molecule has 2 aromatic heterocycles. The Morgan fingerprint density at radius 1 is 1.23 bits per heavy atom. The molecule has 9 heteroatoms. The monoisotopic (exact) mass is 438 g/mol. The Morgan fingerprint density at radius 2 is 2.03 bits per heavy atom. The molecule has 162 valence electrons. The molecule has 31 heavy (non-hydrogen) atoms. The predicted octanol–water partition coefficient (Wildman–Crippen LogP) is 5.32. The summed E-state index contributed by atoms with van der Waals surface area (Å²) in [6.45, 7) is 6.82. The van der Waals surface area contributed by atoms with Crippen molar-refractivity contribution in [3.05, 3.63) is 47.8 Å². The van der Waals surface area contributed by atoms with Gasteiger partial charge in [-0.15, -0.1) is 9.36 Å². The molecule has 0 saturated heterocycles. The van der Waals surface area contributed by atoms with Gasteiger partial charge in [0.25, 0.3) is 0 Å². The first-order valence-electron chi connectivity index (χ1n) is 10.0. The zero-order chi connectivity index (χ0) is 22.1. The van der Waals surface area contributed by atoms with Crippen LogP contribution in [0.3, 0.4) is 0 Å². The van der Waals surface area contributed by atoms with E-state index in [1.807, 2.05) is 57.3 Å². The molecule has 0 atom stereocenters. The van der Waals surface area contributed by atoms with Crippen LogP contribution in [0.4, 0.5) is 11.6 Å². The molecule has 8 nitrogen and oxygen atoms in total. The summed E-state index contributed by atoms with van der Waals surface area (Å²) in [6.07, 6.45) is 7.14. The highest BCUT2D eigenvalue weighted by molar-refractivity contribution is 7.07. The van der Waals surface area contributed by atoms with Crippen LogP contribution in [0.15, 0.2) is 41.7 Å². The van der Waals surface area contributed by atoms with Crippen LogP contribution in [0.2, 0.25) is 0 Å². The van der Waals surface area contributed by atoms with Crippen molar-refractivity contribution in [1.29, 1.82) is 0 Å². The van der Waals surface area contributed by atoms with Crippen LogP contribution < -0.4 is 14.8 Å². The van der Waals surface area contributed by atoms with Gasteiger partial charge in [0.1, 0.15) is 17.9 Å². The van der Waals surface area contributed by atoms with E-state index in [9.17, 15) is 0 Å². The molecule has 1 aromatic carbocycles. The number of hydrogen-bond donors (Lipinski definition) is 1. The Labute approximate surface area is 186 Å². The average molecular weight is 439 g/mol. The summed E-state index contributed by atoms with van der Waals surface area (Å²) in [7, 11) is 1.53.